The Bertz CT molecular complexity index is 342. The van der Waals surface area contributed by atoms with Gasteiger partial charge >= 0.3 is 0 Å². The van der Waals surface area contributed by atoms with Crippen molar-refractivity contribution in [1.29, 1.82) is 0 Å². The third-order valence-electron chi connectivity index (χ3n) is 3.72. The maximum absolute atomic E-state index is 5.60. The van der Waals surface area contributed by atoms with E-state index in [0.29, 0.717) is 12.1 Å². The van der Waals surface area contributed by atoms with Crippen molar-refractivity contribution >= 4 is 0 Å². The second kappa shape index (κ2) is 6.88. The number of likely N-dealkylation sites (N-methyl/N-ethyl adjacent to an activating group) is 1. The molecule has 3 heteroatoms. The van der Waals surface area contributed by atoms with Crippen LogP contribution < -0.4 is 5.32 Å². The molecule has 100 valence electrons. The van der Waals surface area contributed by atoms with Crippen LogP contribution in [0.5, 0.6) is 0 Å². The topological polar surface area (TPSA) is 24.5 Å². The molecule has 0 amide bonds. The third kappa shape index (κ3) is 3.80. The van der Waals surface area contributed by atoms with Gasteiger partial charge in [0.15, 0.2) is 0 Å². The number of nitrogens with one attached hydrogen (secondary N) is 1. The highest BCUT2D eigenvalue weighted by Gasteiger charge is 2.27. The summed E-state index contributed by atoms with van der Waals surface area (Å²) in [6.45, 7) is 6.13. The van der Waals surface area contributed by atoms with E-state index in [0.717, 1.165) is 32.7 Å². The maximum Gasteiger partial charge on any atom is 0.0702 e. The van der Waals surface area contributed by atoms with Crippen molar-refractivity contribution in [3.63, 3.8) is 0 Å². The Morgan fingerprint density at radius 2 is 2.11 bits per heavy atom. The van der Waals surface area contributed by atoms with Crippen molar-refractivity contribution in [3.8, 4) is 0 Å². The van der Waals surface area contributed by atoms with E-state index in [1.54, 1.807) is 0 Å². The summed E-state index contributed by atoms with van der Waals surface area (Å²) in [7, 11) is 2.19. The second-order valence-electron chi connectivity index (χ2n) is 5.07. The average molecular weight is 248 g/mol. The van der Waals surface area contributed by atoms with Crippen molar-refractivity contribution < 1.29 is 4.74 Å². The Labute approximate surface area is 110 Å². The average Bonchev–Trinajstić information content (AvgIpc) is 2.82. The van der Waals surface area contributed by atoms with E-state index in [1.807, 2.05) is 0 Å². The molecule has 0 saturated carbocycles. The Hall–Kier alpha value is -0.900. The van der Waals surface area contributed by atoms with Gasteiger partial charge in [0.25, 0.3) is 0 Å². The molecule has 1 aliphatic heterocycles. The molecule has 1 heterocycles. The minimum atomic E-state index is 0.379. The molecule has 0 aromatic heterocycles. The van der Waals surface area contributed by atoms with Gasteiger partial charge in [-0.1, -0.05) is 30.3 Å². The first-order valence-electron chi connectivity index (χ1n) is 6.84. The first kappa shape index (κ1) is 13.5. The summed E-state index contributed by atoms with van der Waals surface area (Å²) in [6, 6.07) is 11.1. The van der Waals surface area contributed by atoms with Crippen molar-refractivity contribution in [2.75, 3.05) is 26.7 Å². The summed E-state index contributed by atoms with van der Waals surface area (Å²) < 4.78 is 5.60. The van der Waals surface area contributed by atoms with Crippen molar-refractivity contribution in [2.24, 2.45) is 0 Å². The molecule has 2 rings (SSSR count). The van der Waals surface area contributed by atoms with E-state index in [-0.39, 0.29) is 0 Å². The van der Waals surface area contributed by atoms with E-state index in [2.05, 4.69) is 54.5 Å². The summed E-state index contributed by atoms with van der Waals surface area (Å²) in [6.07, 6.45) is 1.54. The molecule has 1 saturated heterocycles. The van der Waals surface area contributed by atoms with Gasteiger partial charge in [-0.15, -0.1) is 0 Å². The molecule has 0 radical (unpaired) electrons. The van der Waals surface area contributed by atoms with E-state index >= 15 is 0 Å². The first-order chi connectivity index (χ1) is 8.77. The van der Waals surface area contributed by atoms with Crippen LogP contribution in [0.25, 0.3) is 0 Å². The minimum absolute atomic E-state index is 0.379. The second-order valence-corrected chi connectivity index (χ2v) is 5.07. The van der Waals surface area contributed by atoms with Gasteiger partial charge in [-0.3, -0.25) is 4.90 Å². The number of hydrogen-bond donors (Lipinski definition) is 1. The zero-order valence-electron chi connectivity index (χ0n) is 11.4. The Balaban J connectivity index is 1.63. The van der Waals surface area contributed by atoms with Crippen LogP contribution in [-0.4, -0.2) is 43.8 Å². The first-order valence-corrected chi connectivity index (χ1v) is 6.84. The summed E-state index contributed by atoms with van der Waals surface area (Å²) in [5.41, 5.74) is 1.35. The molecule has 18 heavy (non-hydrogen) atoms. The van der Waals surface area contributed by atoms with Gasteiger partial charge in [0.1, 0.15) is 0 Å². The van der Waals surface area contributed by atoms with Gasteiger partial charge in [0.2, 0.25) is 0 Å². The van der Waals surface area contributed by atoms with Crippen LogP contribution in [-0.2, 0) is 11.3 Å². The molecular formula is C15H24N2O. The predicted octanol–water partition coefficient (Wildman–Crippen LogP) is 1.89. The molecule has 0 bridgehead atoms. The molecule has 1 aromatic rings. The molecular weight excluding hydrogens is 224 g/mol. The van der Waals surface area contributed by atoms with E-state index < -0.39 is 0 Å². The van der Waals surface area contributed by atoms with Gasteiger partial charge < -0.3 is 10.1 Å². The highest BCUT2D eigenvalue weighted by Crippen LogP contribution is 2.17. The zero-order chi connectivity index (χ0) is 12.8. The summed E-state index contributed by atoms with van der Waals surface area (Å²) in [4.78, 5) is 2.41. The van der Waals surface area contributed by atoms with Crippen LogP contribution in [0.2, 0.25) is 0 Å². The molecule has 1 aliphatic rings. The molecule has 0 aliphatic carbocycles. The van der Waals surface area contributed by atoms with Crippen LogP contribution >= 0.6 is 0 Å². The minimum Gasteiger partial charge on any atom is -0.377 e. The van der Waals surface area contributed by atoms with E-state index in [9.17, 15) is 0 Å². The molecule has 1 fully saturated rings. The van der Waals surface area contributed by atoms with Gasteiger partial charge in [-0.05, 0) is 26.0 Å². The summed E-state index contributed by atoms with van der Waals surface area (Å²) in [5, 5.41) is 3.49. The largest absolute Gasteiger partial charge is 0.377 e. The number of nitrogens with zero attached hydrogens (tertiary/aromatic N) is 1. The fourth-order valence-corrected chi connectivity index (χ4v) is 2.55. The number of rotatable bonds is 6. The fourth-order valence-electron chi connectivity index (χ4n) is 2.55. The van der Waals surface area contributed by atoms with Crippen LogP contribution in [0.3, 0.4) is 0 Å². The summed E-state index contributed by atoms with van der Waals surface area (Å²) in [5.74, 6) is 0. The van der Waals surface area contributed by atoms with Crippen molar-refractivity contribution in [1.82, 2.24) is 10.2 Å². The monoisotopic (exact) mass is 248 g/mol. The van der Waals surface area contributed by atoms with Crippen molar-refractivity contribution in [3.05, 3.63) is 35.9 Å². The Morgan fingerprint density at radius 1 is 1.33 bits per heavy atom. The maximum atomic E-state index is 5.60. The van der Waals surface area contributed by atoms with Crippen molar-refractivity contribution in [2.45, 2.75) is 32.0 Å². The lowest BCUT2D eigenvalue weighted by molar-refractivity contribution is 0.0840. The highest BCUT2D eigenvalue weighted by molar-refractivity contribution is 5.14. The molecule has 2 unspecified atom stereocenters. The lowest BCUT2D eigenvalue weighted by Crippen LogP contribution is -2.40. The van der Waals surface area contributed by atoms with Gasteiger partial charge in [0.05, 0.1) is 6.10 Å². The molecule has 0 spiro atoms. The molecule has 2 atom stereocenters. The fraction of sp³-hybridized carbons (Fsp3) is 0.600. The lowest BCUT2D eigenvalue weighted by Gasteiger charge is -2.26. The number of ether oxygens (including phenoxy) is 1. The normalized spacial score (nSPS) is 23.7. The Kier molecular flexibility index (Phi) is 5.17. The van der Waals surface area contributed by atoms with Crippen LogP contribution in [0, 0.1) is 0 Å². The third-order valence-corrected chi connectivity index (χ3v) is 3.72. The van der Waals surface area contributed by atoms with Gasteiger partial charge in [-0.25, -0.2) is 0 Å². The Morgan fingerprint density at radius 3 is 2.78 bits per heavy atom. The number of benzene rings is 1. The van der Waals surface area contributed by atoms with E-state index in [1.165, 1.54) is 5.56 Å². The van der Waals surface area contributed by atoms with Crippen LogP contribution in [0.4, 0.5) is 0 Å². The highest BCUT2D eigenvalue weighted by atomic mass is 16.5. The zero-order valence-corrected chi connectivity index (χ0v) is 11.4. The quantitative estimate of drug-likeness (QED) is 0.778. The molecule has 1 N–H and O–H groups in total. The van der Waals surface area contributed by atoms with E-state index in [4.69, 9.17) is 4.74 Å². The van der Waals surface area contributed by atoms with Crippen LogP contribution in [0.15, 0.2) is 30.3 Å². The SMILES string of the molecule is CC1OCCC1N(C)CCNCc1ccccc1. The lowest BCUT2D eigenvalue weighted by atomic mass is 10.1. The van der Waals surface area contributed by atoms with Gasteiger partial charge in [0, 0.05) is 32.3 Å². The molecule has 1 aromatic carbocycles. The van der Waals surface area contributed by atoms with Crippen LogP contribution in [0.1, 0.15) is 18.9 Å². The summed E-state index contributed by atoms with van der Waals surface area (Å²) >= 11 is 0. The molecule has 3 nitrogen and oxygen atoms in total. The standard InChI is InChI=1S/C15H24N2O/c1-13-15(8-11-18-13)17(2)10-9-16-12-14-6-4-3-5-7-14/h3-7,13,15-16H,8-12H2,1-2H3. The smallest absolute Gasteiger partial charge is 0.0702 e. The predicted molar refractivity (Wildman–Crippen MR) is 74.6 cm³/mol. The van der Waals surface area contributed by atoms with Gasteiger partial charge in [-0.2, -0.15) is 0 Å². The number of hydrogen-bond acceptors (Lipinski definition) is 3.